The van der Waals surface area contributed by atoms with Crippen molar-refractivity contribution < 1.29 is 4.79 Å². The third-order valence-electron chi connectivity index (χ3n) is 5.16. The lowest BCUT2D eigenvalue weighted by Gasteiger charge is -2.12. The molecule has 1 amide bonds. The zero-order valence-corrected chi connectivity index (χ0v) is 19.2. The SMILES string of the molecule is Cc1ccc(Cc2c(C)nc(SCCCC(=O)NCc3ccccc3)n(C)c2=O)cc1. The van der Waals surface area contributed by atoms with E-state index in [1.165, 1.54) is 17.3 Å². The molecule has 6 heteroatoms. The van der Waals surface area contributed by atoms with Crippen LogP contribution in [0.3, 0.4) is 0 Å². The minimum absolute atomic E-state index is 0.00354. The van der Waals surface area contributed by atoms with Crippen LogP contribution in [-0.4, -0.2) is 21.2 Å². The molecule has 3 aromatic rings. The van der Waals surface area contributed by atoms with E-state index in [1.54, 1.807) is 11.6 Å². The number of hydrogen-bond acceptors (Lipinski definition) is 4. The van der Waals surface area contributed by atoms with Crippen molar-refractivity contribution in [1.82, 2.24) is 14.9 Å². The van der Waals surface area contributed by atoms with E-state index in [0.29, 0.717) is 24.5 Å². The van der Waals surface area contributed by atoms with E-state index in [2.05, 4.69) is 41.5 Å². The molecule has 0 aliphatic carbocycles. The van der Waals surface area contributed by atoms with Crippen molar-refractivity contribution in [3.8, 4) is 0 Å². The van der Waals surface area contributed by atoms with Crippen molar-refractivity contribution in [2.45, 2.75) is 44.8 Å². The molecule has 0 radical (unpaired) electrons. The van der Waals surface area contributed by atoms with Gasteiger partial charge in [-0.1, -0.05) is 71.9 Å². The zero-order chi connectivity index (χ0) is 22.2. The van der Waals surface area contributed by atoms with Crippen molar-refractivity contribution in [2.24, 2.45) is 7.05 Å². The lowest BCUT2D eigenvalue weighted by atomic mass is 10.0. The van der Waals surface area contributed by atoms with E-state index in [1.807, 2.05) is 37.3 Å². The summed E-state index contributed by atoms with van der Waals surface area (Å²) in [5, 5.41) is 3.64. The molecule has 0 aliphatic heterocycles. The number of carbonyl (C=O) groups is 1. The quantitative estimate of drug-likeness (QED) is 0.311. The number of nitrogens with one attached hydrogen (secondary N) is 1. The summed E-state index contributed by atoms with van der Waals surface area (Å²) in [6.07, 6.45) is 1.77. The van der Waals surface area contributed by atoms with Gasteiger partial charge in [0.2, 0.25) is 5.91 Å². The summed E-state index contributed by atoms with van der Waals surface area (Å²) < 4.78 is 1.62. The van der Waals surface area contributed by atoms with Crippen LogP contribution >= 0.6 is 11.8 Å². The Morgan fingerprint density at radius 1 is 1.03 bits per heavy atom. The lowest BCUT2D eigenvalue weighted by molar-refractivity contribution is -0.121. The minimum atomic E-state index is -0.00354. The third-order valence-corrected chi connectivity index (χ3v) is 6.28. The Morgan fingerprint density at radius 3 is 2.45 bits per heavy atom. The second-order valence-electron chi connectivity index (χ2n) is 7.70. The number of carbonyl (C=O) groups excluding carboxylic acids is 1. The number of aromatic nitrogens is 2. The van der Waals surface area contributed by atoms with Gasteiger partial charge in [-0.2, -0.15) is 0 Å². The maximum Gasteiger partial charge on any atom is 0.257 e. The number of amides is 1. The highest BCUT2D eigenvalue weighted by atomic mass is 32.2. The van der Waals surface area contributed by atoms with Crippen LogP contribution in [0.15, 0.2) is 64.5 Å². The zero-order valence-electron chi connectivity index (χ0n) is 18.4. The minimum Gasteiger partial charge on any atom is -0.352 e. The van der Waals surface area contributed by atoms with Gasteiger partial charge in [0, 0.05) is 43.4 Å². The van der Waals surface area contributed by atoms with Gasteiger partial charge >= 0.3 is 0 Å². The van der Waals surface area contributed by atoms with Gasteiger partial charge in [0.15, 0.2) is 5.16 Å². The Hall–Kier alpha value is -2.86. The van der Waals surface area contributed by atoms with E-state index in [-0.39, 0.29) is 11.5 Å². The number of benzene rings is 2. The number of aryl methyl sites for hydroxylation is 2. The lowest BCUT2D eigenvalue weighted by Crippen LogP contribution is -2.26. The van der Waals surface area contributed by atoms with Crippen molar-refractivity contribution in [1.29, 1.82) is 0 Å². The summed E-state index contributed by atoms with van der Waals surface area (Å²) in [6.45, 7) is 4.49. The van der Waals surface area contributed by atoms with Crippen LogP contribution in [0.4, 0.5) is 0 Å². The Morgan fingerprint density at radius 2 is 1.74 bits per heavy atom. The molecule has 0 spiro atoms. The van der Waals surface area contributed by atoms with Crippen LogP contribution in [0.1, 0.15) is 40.8 Å². The highest BCUT2D eigenvalue weighted by Crippen LogP contribution is 2.18. The van der Waals surface area contributed by atoms with Crippen LogP contribution in [0.2, 0.25) is 0 Å². The van der Waals surface area contributed by atoms with E-state index < -0.39 is 0 Å². The van der Waals surface area contributed by atoms with E-state index in [4.69, 9.17) is 0 Å². The van der Waals surface area contributed by atoms with Gasteiger partial charge < -0.3 is 5.32 Å². The number of hydrogen-bond donors (Lipinski definition) is 1. The molecule has 0 atom stereocenters. The van der Waals surface area contributed by atoms with Crippen molar-refractivity contribution >= 4 is 17.7 Å². The van der Waals surface area contributed by atoms with Crippen LogP contribution in [0.5, 0.6) is 0 Å². The molecule has 5 nitrogen and oxygen atoms in total. The van der Waals surface area contributed by atoms with Gasteiger partial charge in [0.05, 0.1) is 0 Å². The molecular weight excluding hydrogens is 406 g/mol. The predicted octanol–water partition coefficient (Wildman–Crippen LogP) is 4.18. The number of thioether (sulfide) groups is 1. The van der Waals surface area contributed by atoms with Gasteiger partial charge in [0.1, 0.15) is 0 Å². The van der Waals surface area contributed by atoms with Crippen molar-refractivity contribution in [2.75, 3.05) is 5.75 Å². The van der Waals surface area contributed by atoms with Gasteiger partial charge in [-0.3, -0.25) is 14.2 Å². The molecule has 2 aromatic carbocycles. The maximum absolute atomic E-state index is 12.9. The average Bonchev–Trinajstić information content (AvgIpc) is 2.78. The molecule has 3 rings (SSSR count). The largest absolute Gasteiger partial charge is 0.352 e. The summed E-state index contributed by atoms with van der Waals surface area (Å²) in [7, 11) is 1.77. The third kappa shape index (κ3) is 6.56. The standard InChI is InChI=1S/C25H29N3O2S/c1-18-11-13-20(14-12-18)16-22-19(2)27-25(28(3)24(22)30)31-15-7-10-23(29)26-17-21-8-5-4-6-9-21/h4-6,8-9,11-14H,7,10,15-17H2,1-3H3,(H,26,29). The highest BCUT2D eigenvalue weighted by Gasteiger charge is 2.13. The van der Waals surface area contributed by atoms with Gasteiger partial charge in [-0.25, -0.2) is 4.98 Å². The maximum atomic E-state index is 12.9. The fourth-order valence-corrected chi connectivity index (χ4v) is 4.20. The van der Waals surface area contributed by atoms with E-state index >= 15 is 0 Å². The molecule has 162 valence electrons. The Balaban J connectivity index is 1.52. The molecule has 0 bridgehead atoms. The normalized spacial score (nSPS) is 10.8. The highest BCUT2D eigenvalue weighted by molar-refractivity contribution is 7.99. The molecule has 1 N–H and O–H groups in total. The molecule has 31 heavy (non-hydrogen) atoms. The number of rotatable bonds is 9. The first-order valence-corrected chi connectivity index (χ1v) is 11.5. The second-order valence-corrected chi connectivity index (χ2v) is 8.76. The average molecular weight is 436 g/mol. The van der Waals surface area contributed by atoms with E-state index in [0.717, 1.165) is 34.6 Å². The molecule has 1 aromatic heterocycles. The van der Waals surface area contributed by atoms with Crippen LogP contribution in [0.25, 0.3) is 0 Å². The molecule has 0 saturated carbocycles. The predicted molar refractivity (Wildman–Crippen MR) is 126 cm³/mol. The van der Waals surface area contributed by atoms with Gasteiger partial charge in [0.25, 0.3) is 5.56 Å². The summed E-state index contributed by atoms with van der Waals surface area (Å²) in [5.74, 6) is 0.770. The van der Waals surface area contributed by atoms with E-state index in [9.17, 15) is 9.59 Å². The first kappa shape index (κ1) is 22.8. The van der Waals surface area contributed by atoms with Crippen LogP contribution < -0.4 is 10.9 Å². The summed E-state index contributed by atoms with van der Waals surface area (Å²) in [6, 6.07) is 18.1. The topological polar surface area (TPSA) is 64.0 Å². The summed E-state index contributed by atoms with van der Waals surface area (Å²) in [5.41, 5.74) is 4.89. The molecule has 1 heterocycles. The first-order valence-electron chi connectivity index (χ1n) is 10.5. The number of nitrogens with zero attached hydrogens (tertiary/aromatic N) is 2. The molecular formula is C25H29N3O2S. The van der Waals surface area contributed by atoms with Gasteiger partial charge in [-0.05, 0) is 31.4 Å². The smallest absolute Gasteiger partial charge is 0.257 e. The summed E-state index contributed by atoms with van der Waals surface area (Å²) >= 11 is 1.52. The molecule has 0 fully saturated rings. The van der Waals surface area contributed by atoms with Gasteiger partial charge in [-0.15, -0.1) is 0 Å². The second kappa shape index (κ2) is 11.0. The summed E-state index contributed by atoms with van der Waals surface area (Å²) in [4.78, 5) is 29.6. The van der Waals surface area contributed by atoms with Crippen molar-refractivity contribution in [3.63, 3.8) is 0 Å². The Labute approximate surface area is 187 Å². The Bertz CT molecular complexity index is 1080. The Kier molecular flexibility index (Phi) is 8.06. The molecule has 0 aliphatic rings. The fraction of sp³-hybridized carbons (Fsp3) is 0.320. The van der Waals surface area contributed by atoms with Crippen LogP contribution in [-0.2, 0) is 24.8 Å². The molecule has 0 unspecified atom stereocenters. The fourth-order valence-electron chi connectivity index (χ4n) is 3.25. The van der Waals surface area contributed by atoms with Crippen molar-refractivity contribution in [3.05, 3.63) is 92.9 Å². The first-order chi connectivity index (χ1) is 14.9. The van der Waals surface area contributed by atoms with Crippen LogP contribution in [0, 0.1) is 13.8 Å². The molecule has 0 saturated heterocycles. The monoisotopic (exact) mass is 435 g/mol.